The first-order valence-electron chi connectivity index (χ1n) is 12.5. The van der Waals surface area contributed by atoms with E-state index < -0.39 is 66.0 Å². The molecule has 0 spiro atoms. The van der Waals surface area contributed by atoms with Gasteiger partial charge in [-0.3, -0.25) is 14.4 Å². The molecule has 2 unspecified atom stereocenters. The van der Waals surface area contributed by atoms with Crippen LogP contribution in [0.25, 0.3) is 16.5 Å². The maximum Gasteiger partial charge on any atom is 0.413 e. The van der Waals surface area contributed by atoms with Crippen molar-refractivity contribution in [2.75, 3.05) is 13.1 Å². The highest BCUT2D eigenvalue weighted by molar-refractivity contribution is 6.36. The molecule has 7 nitrogen and oxygen atoms in total. The van der Waals surface area contributed by atoms with E-state index in [0.717, 1.165) is 9.58 Å². The third-order valence-electron chi connectivity index (χ3n) is 7.49. The standard InChI is InChI=1S/C27H23ClF5N3O4/c1-13-2-9-18(28)20(21(13)27(31,32)33)24(38)36-19-10-16(23(37)35-11-26(29,30)12-35)7-8-17(19)22(34-36)14-3-5-15(6-4-14)25(39)40/h3,7-10,13,15H,2,4-6,11-12H2,1H3,(H,39,40). The molecule has 1 amide bonds. The fraction of sp³-hybridized carbons (Fsp3) is 0.407. The van der Waals surface area contributed by atoms with E-state index in [0.29, 0.717) is 17.4 Å². The van der Waals surface area contributed by atoms with Crippen LogP contribution in [0.5, 0.6) is 0 Å². The molecule has 1 fully saturated rings. The molecule has 0 bridgehead atoms. The highest BCUT2D eigenvalue weighted by atomic mass is 35.5. The van der Waals surface area contributed by atoms with E-state index in [2.05, 4.69) is 5.10 Å². The number of nitrogens with zero attached hydrogens (tertiary/aromatic N) is 3. The van der Waals surface area contributed by atoms with Gasteiger partial charge in [0.15, 0.2) is 0 Å². The van der Waals surface area contributed by atoms with Gasteiger partial charge in [-0.25, -0.2) is 8.78 Å². The Bertz CT molecular complexity index is 1530. The summed E-state index contributed by atoms with van der Waals surface area (Å²) in [6.07, 6.45) is -1.11. The second-order valence-electron chi connectivity index (χ2n) is 10.3. The SMILES string of the molecule is CC1CC=C(Cl)C(C(=O)n2nc(C3=CCC(C(=O)O)CC3)c3ccc(C(=O)N4CC(F)(F)C4)cc32)=C1C(F)(F)F. The summed E-state index contributed by atoms with van der Waals surface area (Å²) in [6, 6.07) is 4.07. The molecular formula is C27H23ClF5N3O4. The van der Waals surface area contributed by atoms with Crippen molar-refractivity contribution in [1.82, 2.24) is 14.7 Å². The van der Waals surface area contributed by atoms with Crippen molar-refractivity contribution in [3.8, 4) is 0 Å². The number of benzene rings is 1. The Hall–Kier alpha value is -3.54. The summed E-state index contributed by atoms with van der Waals surface area (Å²) in [5, 5.41) is 13.6. The number of carboxylic acid groups (broad SMARTS) is 1. The van der Waals surface area contributed by atoms with E-state index >= 15 is 0 Å². The van der Waals surface area contributed by atoms with E-state index in [1.54, 1.807) is 6.08 Å². The lowest BCUT2D eigenvalue weighted by atomic mass is 9.87. The number of carbonyl (C=O) groups is 3. The number of aliphatic carboxylic acids is 1. The van der Waals surface area contributed by atoms with Gasteiger partial charge in [-0.15, -0.1) is 0 Å². The lowest BCUT2D eigenvalue weighted by Crippen LogP contribution is -2.58. The van der Waals surface area contributed by atoms with Crippen molar-refractivity contribution in [3.63, 3.8) is 0 Å². The van der Waals surface area contributed by atoms with E-state index in [-0.39, 0.29) is 41.1 Å². The van der Waals surface area contributed by atoms with Crippen molar-refractivity contribution in [2.24, 2.45) is 11.8 Å². The number of halogens is 6. The molecule has 1 aromatic heterocycles. The summed E-state index contributed by atoms with van der Waals surface area (Å²) in [4.78, 5) is 38.9. The molecule has 40 heavy (non-hydrogen) atoms. The first-order chi connectivity index (χ1) is 18.7. The Morgan fingerprint density at radius 2 is 1.80 bits per heavy atom. The third kappa shape index (κ3) is 4.93. The van der Waals surface area contributed by atoms with Crippen LogP contribution < -0.4 is 0 Å². The van der Waals surface area contributed by atoms with E-state index in [1.165, 1.54) is 31.2 Å². The molecule has 1 aromatic carbocycles. The predicted octanol–water partition coefficient (Wildman–Crippen LogP) is 6.06. The highest BCUT2D eigenvalue weighted by Crippen LogP contribution is 2.43. The van der Waals surface area contributed by atoms with Crippen LogP contribution in [0.2, 0.25) is 0 Å². The molecule has 3 aliphatic rings. The van der Waals surface area contributed by atoms with Crippen molar-refractivity contribution in [3.05, 3.63) is 57.8 Å². The fourth-order valence-electron chi connectivity index (χ4n) is 5.37. The number of rotatable bonds is 4. The van der Waals surface area contributed by atoms with E-state index in [4.69, 9.17) is 11.6 Å². The third-order valence-corrected chi connectivity index (χ3v) is 7.83. The minimum atomic E-state index is -4.85. The molecular weight excluding hydrogens is 561 g/mol. The quantitative estimate of drug-likeness (QED) is 0.442. The summed E-state index contributed by atoms with van der Waals surface area (Å²) < 4.78 is 69.7. The van der Waals surface area contributed by atoms with E-state index in [9.17, 15) is 41.4 Å². The molecule has 0 saturated carbocycles. The summed E-state index contributed by atoms with van der Waals surface area (Å²) in [7, 11) is 0. The molecule has 212 valence electrons. The normalized spacial score (nSPS) is 23.0. The van der Waals surface area contributed by atoms with Gasteiger partial charge in [0.05, 0.1) is 41.4 Å². The number of alkyl halides is 5. The van der Waals surface area contributed by atoms with Crippen molar-refractivity contribution < 1.29 is 41.4 Å². The molecule has 1 N–H and O–H groups in total. The zero-order valence-electron chi connectivity index (χ0n) is 21.1. The number of carbonyl (C=O) groups excluding carboxylic acids is 2. The van der Waals surface area contributed by atoms with Crippen molar-refractivity contribution in [1.29, 1.82) is 0 Å². The molecule has 1 saturated heterocycles. The first kappa shape index (κ1) is 28.0. The summed E-state index contributed by atoms with van der Waals surface area (Å²) >= 11 is 6.16. The van der Waals surface area contributed by atoms with Crippen LogP contribution in [0.4, 0.5) is 22.0 Å². The first-order valence-corrected chi connectivity index (χ1v) is 12.9. The minimum absolute atomic E-state index is 0.00360. The Morgan fingerprint density at radius 1 is 1.10 bits per heavy atom. The monoisotopic (exact) mass is 583 g/mol. The second kappa shape index (κ2) is 9.83. The van der Waals surface area contributed by atoms with Crippen LogP contribution in [0.3, 0.4) is 0 Å². The highest BCUT2D eigenvalue weighted by Gasteiger charge is 2.47. The molecule has 0 radical (unpaired) electrons. The number of fused-ring (bicyclic) bond motifs is 1. The second-order valence-corrected chi connectivity index (χ2v) is 10.7. The minimum Gasteiger partial charge on any atom is -0.481 e. The van der Waals surface area contributed by atoms with Crippen LogP contribution in [0.1, 0.15) is 53.5 Å². The molecule has 2 aromatic rings. The maximum atomic E-state index is 14.1. The maximum absolute atomic E-state index is 14.1. The molecule has 5 rings (SSSR count). The van der Waals surface area contributed by atoms with Crippen LogP contribution in [0.15, 0.2) is 46.5 Å². The summed E-state index contributed by atoms with van der Waals surface area (Å²) in [6.45, 7) is -0.218. The fourth-order valence-corrected chi connectivity index (χ4v) is 5.64. The molecule has 2 aliphatic carbocycles. The molecule has 2 atom stereocenters. The number of allylic oxidation sites excluding steroid dienone is 6. The zero-order valence-corrected chi connectivity index (χ0v) is 21.8. The van der Waals surface area contributed by atoms with Crippen LogP contribution >= 0.6 is 11.6 Å². The van der Waals surface area contributed by atoms with Gasteiger partial charge < -0.3 is 10.0 Å². The van der Waals surface area contributed by atoms with Gasteiger partial charge in [0.25, 0.3) is 17.7 Å². The van der Waals surface area contributed by atoms with Crippen LogP contribution in [0, 0.1) is 11.8 Å². The molecule has 2 heterocycles. The molecule has 1 aliphatic heterocycles. The number of hydrogen-bond donors (Lipinski definition) is 1. The van der Waals surface area contributed by atoms with Gasteiger partial charge in [-0.1, -0.05) is 30.7 Å². The Morgan fingerprint density at radius 3 is 2.38 bits per heavy atom. The predicted molar refractivity (Wildman–Crippen MR) is 135 cm³/mol. The van der Waals surface area contributed by atoms with Gasteiger partial charge in [-0.2, -0.15) is 23.0 Å². The number of likely N-dealkylation sites (tertiary alicyclic amines) is 1. The topological polar surface area (TPSA) is 92.5 Å². The Balaban J connectivity index is 1.66. The number of aromatic nitrogens is 2. The smallest absolute Gasteiger partial charge is 0.413 e. The van der Waals surface area contributed by atoms with Crippen molar-refractivity contribution >= 4 is 45.9 Å². The Kier molecular flexibility index (Phi) is 6.88. The lowest BCUT2D eigenvalue weighted by molar-refractivity contribution is -0.141. The van der Waals surface area contributed by atoms with Crippen LogP contribution in [-0.4, -0.2) is 62.8 Å². The summed E-state index contributed by atoms with van der Waals surface area (Å²) in [5.74, 6) is -7.51. The average molecular weight is 584 g/mol. The average Bonchev–Trinajstić information content (AvgIpc) is 3.25. The molecule has 13 heteroatoms. The largest absolute Gasteiger partial charge is 0.481 e. The van der Waals surface area contributed by atoms with Crippen molar-refractivity contribution in [2.45, 2.75) is 44.7 Å². The van der Waals surface area contributed by atoms with Gasteiger partial charge >= 0.3 is 12.1 Å². The summed E-state index contributed by atoms with van der Waals surface area (Å²) in [5.41, 5.74) is -1.05. The van der Waals surface area contributed by atoms with Crippen LogP contribution in [-0.2, 0) is 4.79 Å². The number of hydrogen-bond acceptors (Lipinski definition) is 4. The number of amides is 1. The number of carboxylic acids is 1. The van der Waals surface area contributed by atoms with Gasteiger partial charge in [0.2, 0.25) is 0 Å². The van der Waals surface area contributed by atoms with E-state index in [1.807, 2.05) is 0 Å². The van der Waals surface area contributed by atoms with Gasteiger partial charge in [0.1, 0.15) is 0 Å². The van der Waals surface area contributed by atoms with Gasteiger partial charge in [-0.05, 0) is 55.4 Å². The zero-order chi connectivity index (χ0) is 29.1. The Labute approximate surface area is 229 Å². The van der Waals surface area contributed by atoms with Gasteiger partial charge in [0, 0.05) is 16.0 Å². The lowest BCUT2D eigenvalue weighted by Gasteiger charge is -2.38.